The van der Waals surface area contributed by atoms with Gasteiger partial charge in [0.2, 0.25) is 0 Å². The van der Waals surface area contributed by atoms with Crippen LogP contribution in [0.4, 0.5) is 0 Å². The number of halogens is 1. The summed E-state index contributed by atoms with van der Waals surface area (Å²) < 4.78 is 3.28. The van der Waals surface area contributed by atoms with Gasteiger partial charge in [-0.3, -0.25) is 4.68 Å². The van der Waals surface area contributed by atoms with Crippen molar-refractivity contribution in [2.45, 2.75) is 52.1 Å². The molecule has 1 aliphatic heterocycles. The first kappa shape index (κ1) is 12.1. The highest BCUT2D eigenvalue weighted by Crippen LogP contribution is 2.20. The third-order valence-electron chi connectivity index (χ3n) is 3.39. The summed E-state index contributed by atoms with van der Waals surface area (Å²) in [6.45, 7) is 6.38. The zero-order valence-electron chi connectivity index (χ0n) is 10.1. The zero-order valence-corrected chi connectivity index (χ0v) is 11.7. The smallest absolute Gasteiger partial charge is 0.0738 e. The van der Waals surface area contributed by atoms with Crippen LogP contribution in [0.15, 0.2) is 4.47 Å². The number of rotatable bonds is 3. The molecule has 2 heterocycles. The fourth-order valence-electron chi connectivity index (χ4n) is 2.34. The van der Waals surface area contributed by atoms with E-state index in [1.54, 1.807) is 0 Å². The van der Waals surface area contributed by atoms with Crippen molar-refractivity contribution in [2.75, 3.05) is 6.54 Å². The predicted octanol–water partition coefficient (Wildman–Crippen LogP) is 2.79. The van der Waals surface area contributed by atoms with Crippen molar-refractivity contribution in [3.63, 3.8) is 0 Å². The highest BCUT2D eigenvalue weighted by molar-refractivity contribution is 9.10. The Morgan fingerprint density at radius 1 is 1.44 bits per heavy atom. The molecular formula is C12H20BrN3. The largest absolute Gasteiger partial charge is 0.314 e. The van der Waals surface area contributed by atoms with E-state index in [1.165, 1.54) is 37.9 Å². The van der Waals surface area contributed by atoms with Gasteiger partial charge in [-0.25, -0.2) is 0 Å². The highest BCUT2D eigenvalue weighted by Gasteiger charge is 2.14. The molecule has 1 aromatic rings. The number of aromatic nitrogens is 2. The van der Waals surface area contributed by atoms with Crippen molar-refractivity contribution < 1.29 is 0 Å². The molecule has 90 valence electrons. The normalized spacial score (nSPS) is 21.3. The van der Waals surface area contributed by atoms with Crippen LogP contribution in [0, 0.1) is 13.8 Å². The van der Waals surface area contributed by atoms with Gasteiger partial charge in [-0.15, -0.1) is 0 Å². The average molecular weight is 286 g/mol. The fourth-order valence-corrected chi connectivity index (χ4v) is 2.63. The Morgan fingerprint density at radius 2 is 2.25 bits per heavy atom. The topological polar surface area (TPSA) is 29.9 Å². The van der Waals surface area contributed by atoms with Crippen molar-refractivity contribution in [3.05, 3.63) is 15.9 Å². The lowest BCUT2D eigenvalue weighted by atomic mass is 10.0. The molecule has 1 N–H and O–H groups in total. The van der Waals surface area contributed by atoms with E-state index in [0.717, 1.165) is 16.7 Å². The SMILES string of the molecule is Cc1nn(CCC2CCCCN2)c(C)c1Br. The van der Waals surface area contributed by atoms with Gasteiger partial charge >= 0.3 is 0 Å². The number of piperidine rings is 1. The molecule has 1 fully saturated rings. The lowest BCUT2D eigenvalue weighted by Crippen LogP contribution is -2.34. The van der Waals surface area contributed by atoms with Gasteiger partial charge in [0, 0.05) is 18.3 Å². The third kappa shape index (κ3) is 2.66. The average Bonchev–Trinajstić information content (AvgIpc) is 2.56. The van der Waals surface area contributed by atoms with Crippen molar-refractivity contribution >= 4 is 15.9 Å². The second-order valence-corrected chi connectivity index (χ2v) is 5.44. The van der Waals surface area contributed by atoms with Gasteiger partial charge in [-0.1, -0.05) is 6.42 Å². The van der Waals surface area contributed by atoms with Crippen LogP contribution in [0.2, 0.25) is 0 Å². The minimum atomic E-state index is 0.691. The monoisotopic (exact) mass is 285 g/mol. The van der Waals surface area contributed by atoms with Crippen LogP contribution in [-0.2, 0) is 6.54 Å². The molecule has 3 nitrogen and oxygen atoms in total. The van der Waals surface area contributed by atoms with Gasteiger partial charge in [-0.05, 0) is 55.6 Å². The van der Waals surface area contributed by atoms with E-state index in [4.69, 9.17) is 0 Å². The molecule has 2 rings (SSSR count). The van der Waals surface area contributed by atoms with E-state index in [-0.39, 0.29) is 0 Å². The minimum absolute atomic E-state index is 0.691. The molecule has 1 aliphatic rings. The summed E-state index contributed by atoms with van der Waals surface area (Å²) in [5, 5.41) is 8.11. The highest BCUT2D eigenvalue weighted by atomic mass is 79.9. The fraction of sp³-hybridized carbons (Fsp3) is 0.750. The lowest BCUT2D eigenvalue weighted by molar-refractivity contribution is 0.359. The third-order valence-corrected chi connectivity index (χ3v) is 4.54. The quantitative estimate of drug-likeness (QED) is 0.926. The molecule has 0 spiro atoms. The molecule has 4 heteroatoms. The number of nitrogens with one attached hydrogen (secondary N) is 1. The van der Waals surface area contributed by atoms with Gasteiger partial charge in [-0.2, -0.15) is 5.10 Å². The van der Waals surface area contributed by atoms with Gasteiger partial charge < -0.3 is 5.32 Å². The van der Waals surface area contributed by atoms with Gasteiger partial charge in [0.05, 0.1) is 10.2 Å². The van der Waals surface area contributed by atoms with Crippen LogP contribution in [0.25, 0.3) is 0 Å². The van der Waals surface area contributed by atoms with E-state index >= 15 is 0 Å². The summed E-state index contributed by atoms with van der Waals surface area (Å²) in [5.41, 5.74) is 2.34. The molecule has 0 amide bonds. The van der Waals surface area contributed by atoms with Crippen LogP contribution >= 0.6 is 15.9 Å². The molecule has 1 saturated heterocycles. The Bertz CT molecular complexity index is 353. The van der Waals surface area contributed by atoms with Gasteiger partial charge in [0.1, 0.15) is 0 Å². The van der Waals surface area contributed by atoms with Crippen LogP contribution in [-0.4, -0.2) is 22.4 Å². The molecule has 1 aromatic heterocycles. The Hall–Kier alpha value is -0.350. The van der Waals surface area contributed by atoms with E-state index < -0.39 is 0 Å². The van der Waals surface area contributed by atoms with E-state index in [0.29, 0.717) is 6.04 Å². The second-order valence-electron chi connectivity index (χ2n) is 4.64. The van der Waals surface area contributed by atoms with Crippen molar-refractivity contribution in [2.24, 2.45) is 0 Å². The van der Waals surface area contributed by atoms with Gasteiger partial charge in [0.15, 0.2) is 0 Å². The maximum atomic E-state index is 4.54. The van der Waals surface area contributed by atoms with Gasteiger partial charge in [0.25, 0.3) is 0 Å². The first-order valence-corrected chi connectivity index (χ1v) is 6.90. The Morgan fingerprint density at radius 3 is 2.81 bits per heavy atom. The molecule has 0 saturated carbocycles. The number of hydrogen-bond donors (Lipinski definition) is 1. The Labute approximate surface area is 106 Å². The molecule has 16 heavy (non-hydrogen) atoms. The molecule has 1 atom stereocenters. The predicted molar refractivity (Wildman–Crippen MR) is 69.7 cm³/mol. The molecule has 1 unspecified atom stereocenters. The Balaban J connectivity index is 1.91. The molecular weight excluding hydrogens is 266 g/mol. The van der Waals surface area contributed by atoms with Crippen LogP contribution in [0.3, 0.4) is 0 Å². The zero-order chi connectivity index (χ0) is 11.5. The lowest BCUT2D eigenvalue weighted by Gasteiger charge is -2.23. The first-order valence-electron chi connectivity index (χ1n) is 6.11. The standard InChI is InChI=1S/C12H20BrN3/c1-9-12(13)10(2)16(15-9)8-6-11-5-3-4-7-14-11/h11,14H,3-8H2,1-2H3. The van der Waals surface area contributed by atoms with Crippen LogP contribution < -0.4 is 5.32 Å². The Kier molecular flexibility index (Phi) is 4.03. The van der Waals surface area contributed by atoms with Crippen molar-refractivity contribution in [1.29, 1.82) is 0 Å². The summed E-state index contributed by atoms with van der Waals surface area (Å²) in [7, 11) is 0. The molecule has 0 radical (unpaired) electrons. The maximum absolute atomic E-state index is 4.54. The van der Waals surface area contributed by atoms with Crippen molar-refractivity contribution in [3.8, 4) is 0 Å². The number of aryl methyl sites for hydroxylation is 2. The number of hydrogen-bond acceptors (Lipinski definition) is 2. The van der Waals surface area contributed by atoms with Crippen LogP contribution in [0.1, 0.15) is 37.1 Å². The van der Waals surface area contributed by atoms with E-state index in [1.807, 2.05) is 6.92 Å². The minimum Gasteiger partial charge on any atom is -0.314 e. The second kappa shape index (κ2) is 5.32. The summed E-state index contributed by atoms with van der Waals surface area (Å²) in [6.07, 6.45) is 5.22. The van der Waals surface area contributed by atoms with E-state index in [2.05, 4.69) is 38.0 Å². The van der Waals surface area contributed by atoms with E-state index in [9.17, 15) is 0 Å². The molecule has 0 aliphatic carbocycles. The summed E-state index contributed by atoms with van der Waals surface area (Å²) in [5.74, 6) is 0. The summed E-state index contributed by atoms with van der Waals surface area (Å²) in [4.78, 5) is 0. The molecule has 0 bridgehead atoms. The first-order chi connectivity index (χ1) is 7.68. The summed E-state index contributed by atoms with van der Waals surface area (Å²) >= 11 is 3.57. The maximum Gasteiger partial charge on any atom is 0.0738 e. The molecule has 0 aromatic carbocycles. The summed E-state index contributed by atoms with van der Waals surface area (Å²) in [6, 6.07) is 0.691. The van der Waals surface area contributed by atoms with Crippen molar-refractivity contribution in [1.82, 2.24) is 15.1 Å². The van der Waals surface area contributed by atoms with Crippen LogP contribution in [0.5, 0.6) is 0 Å². The number of nitrogens with zero attached hydrogens (tertiary/aromatic N) is 2.